The summed E-state index contributed by atoms with van der Waals surface area (Å²) in [5.74, 6) is 2.31. The minimum atomic E-state index is -0.388. The molecule has 0 amide bonds. The van der Waals surface area contributed by atoms with E-state index in [-0.39, 0.29) is 11.9 Å². The zero-order valence-electron chi connectivity index (χ0n) is 12.2. The molecule has 2 fully saturated rings. The van der Waals surface area contributed by atoms with Crippen LogP contribution in [-0.4, -0.2) is 10.2 Å². The van der Waals surface area contributed by atoms with Gasteiger partial charge in [0.1, 0.15) is 5.75 Å². The molecule has 4 rings (SSSR count). The standard InChI is InChI=1S/C18H24O2/c1-18-7-2-3-16(18)14-10-17(20)15-9-11(19)4-5-12(15)13(14)6-8-18/h4-5,9,13-14,16-17,19-20H,2-3,6-8,10H2,1H3/t13?,14?,16?,17-,18+/m1/s1. The zero-order valence-corrected chi connectivity index (χ0v) is 12.2. The van der Waals surface area contributed by atoms with Crippen molar-refractivity contribution < 1.29 is 10.2 Å². The Labute approximate surface area is 120 Å². The molecular formula is C18H24O2. The summed E-state index contributed by atoms with van der Waals surface area (Å²) in [5.41, 5.74) is 2.81. The van der Waals surface area contributed by atoms with Crippen LogP contribution in [0.2, 0.25) is 0 Å². The summed E-state index contributed by atoms with van der Waals surface area (Å²) in [7, 11) is 0. The molecule has 0 heterocycles. The Morgan fingerprint density at radius 2 is 2.00 bits per heavy atom. The van der Waals surface area contributed by atoms with Crippen molar-refractivity contribution in [3.63, 3.8) is 0 Å². The van der Waals surface area contributed by atoms with Gasteiger partial charge in [-0.15, -0.1) is 0 Å². The molecule has 108 valence electrons. The number of rotatable bonds is 0. The van der Waals surface area contributed by atoms with Gasteiger partial charge < -0.3 is 10.2 Å². The number of hydrogen-bond acceptors (Lipinski definition) is 2. The van der Waals surface area contributed by atoms with Crippen molar-refractivity contribution in [3.05, 3.63) is 29.3 Å². The van der Waals surface area contributed by atoms with E-state index in [1.165, 1.54) is 37.7 Å². The number of fused-ring (bicyclic) bond motifs is 5. The van der Waals surface area contributed by atoms with Crippen molar-refractivity contribution in [1.29, 1.82) is 0 Å². The molecule has 5 atom stereocenters. The summed E-state index contributed by atoms with van der Waals surface area (Å²) in [6.45, 7) is 2.47. The van der Waals surface area contributed by atoms with Crippen LogP contribution in [-0.2, 0) is 0 Å². The second-order valence-corrected chi connectivity index (χ2v) is 7.53. The van der Waals surface area contributed by atoms with Gasteiger partial charge in [-0.3, -0.25) is 0 Å². The lowest BCUT2D eigenvalue weighted by molar-refractivity contribution is 0.0180. The molecule has 0 radical (unpaired) electrons. The summed E-state index contributed by atoms with van der Waals surface area (Å²) < 4.78 is 0. The predicted octanol–water partition coefficient (Wildman–Crippen LogP) is 4.13. The molecule has 3 unspecified atom stereocenters. The molecule has 0 saturated heterocycles. The van der Waals surface area contributed by atoms with Crippen LogP contribution in [0.4, 0.5) is 0 Å². The van der Waals surface area contributed by atoms with Gasteiger partial charge in [0.05, 0.1) is 6.10 Å². The first-order chi connectivity index (χ1) is 9.58. The van der Waals surface area contributed by atoms with Gasteiger partial charge in [0.15, 0.2) is 0 Å². The maximum atomic E-state index is 10.5. The van der Waals surface area contributed by atoms with Gasteiger partial charge >= 0.3 is 0 Å². The minimum Gasteiger partial charge on any atom is -0.508 e. The van der Waals surface area contributed by atoms with Gasteiger partial charge in [-0.05, 0) is 78.5 Å². The van der Waals surface area contributed by atoms with Gasteiger partial charge in [-0.25, -0.2) is 0 Å². The fraction of sp³-hybridized carbons (Fsp3) is 0.667. The highest BCUT2D eigenvalue weighted by molar-refractivity contribution is 5.41. The normalized spacial score (nSPS) is 42.7. The zero-order chi connectivity index (χ0) is 13.9. The number of hydrogen-bond donors (Lipinski definition) is 2. The number of aromatic hydroxyl groups is 1. The Hall–Kier alpha value is -1.02. The summed E-state index contributed by atoms with van der Waals surface area (Å²) in [6, 6.07) is 5.62. The number of phenols is 1. The van der Waals surface area contributed by atoms with E-state index in [4.69, 9.17) is 0 Å². The summed E-state index contributed by atoms with van der Waals surface area (Å²) in [5, 5.41) is 20.2. The van der Waals surface area contributed by atoms with E-state index >= 15 is 0 Å². The van der Waals surface area contributed by atoms with Gasteiger partial charge in [-0.2, -0.15) is 0 Å². The summed E-state index contributed by atoms with van der Waals surface area (Å²) >= 11 is 0. The van der Waals surface area contributed by atoms with Crippen LogP contribution in [0, 0.1) is 17.3 Å². The maximum absolute atomic E-state index is 10.5. The quantitative estimate of drug-likeness (QED) is 0.745. The van der Waals surface area contributed by atoms with Crippen molar-refractivity contribution in [2.24, 2.45) is 17.3 Å². The van der Waals surface area contributed by atoms with Crippen LogP contribution < -0.4 is 0 Å². The predicted molar refractivity (Wildman–Crippen MR) is 78.6 cm³/mol. The van der Waals surface area contributed by atoms with Crippen LogP contribution >= 0.6 is 0 Å². The van der Waals surface area contributed by atoms with Gasteiger partial charge in [0, 0.05) is 0 Å². The molecule has 0 aliphatic heterocycles. The molecule has 1 aromatic rings. The molecule has 2 N–H and O–H groups in total. The van der Waals surface area contributed by atoms with E-state index in [0.717, 1.165) is 17.9 Å². The summed E-state index contributed by atoms with van der Waals surface area (Å²) in [6.07, 6.45) is 7.17. The molecule has 2 nitrogen and oxygen atoms in total. The largest absolute Gasteiger partial charge is 0.508 e. The van der Waals surface area contributed by atoms with Crippen LogP contribution in [0.1, 0.15) is 68.6 Å². The molecule has 2 saturated carbocycles. The van der Waals surface area contributed by atoms with E-state index in [1.54, 1.807) is 12.1 Å². The Morgan fingerprint density at radius 1 is 1.15 bits per heavy atom. The van der Waals surface area contributed by atoms with E-state index in [1.807, 2.05) is 0 Å². The third-order valence-corrected chi connectivity index (χ3v) is 6.54. The molecular weight excluding hydrogens is 248 g/mol. The lowest BCUT2D eigenvalue weighted by Crippen LogP contribution is -2.40. The third kappa shape index (κ3) is 1.67. The second kappa shape index (κ2) is 4.24. The lowest BCUT2D eigenvalue weighted by atomic mass is 9.55. The van der Waals surface area contributed by atoms with Gasteiger partial charge in [0.25, 0.3) is 0 Å². The van der Waals surface area contributed by atoms with Crippen LogP contribution in [0.25, 0.3) is 0 Å². The molecule has 3 aliphatic carbocycles. The number of benzene rings is 1. The number of aliphatic hydroxyl groups is 1. The third-order valence-electron chi connectivity index (χ3n) is 6.54. The molecule has 0 bridgehead atoms. The first kappa shape index (κ1) is 12.7. The van der Waals surface area contributed by atoms with Crippen molar-refractivity contribution in [1.82, 2.24) is 0 Å². The van der Waals surface area contributed by atoms with E-state index < -0.39 is 0 Å². The first-order valence-corrected chi connectivity index (χ1v) is 8.09. The molecule has 20 heavy (non-hydrogen) atoms. The summed E-state index contributed by atoms with van der Waals surface area (Å²) in [4.78, 5) is 0. The molecule has 1 aromatic carbocycles. The number of aliphatic hydroxyl groups excluding tert-OH is 1. The second-order valence-electron chi connectivity index (χ2n) is 7.53. The van der Waals surface area contributed by atoms with Crippen molar-refractivity contribution >= 4 is 0 Å². The Kier molecular flexibility index (Phi) is 2.69. The Balaban J connectivity index is 1.76. The average Bonchev–Trinajstić information content (AvgIpc) is 2.81. The monoisotopic (exact) mass is 272 g/mol. The van der Waals surface area contributed by atoms with Gasteiger partial charge in [-0.1, -0.05) is 19.4 Å². The molecule has 0 aromatic heterocycles. The lowest BCUT2D eigenvalue weighted by Gasteiger charge is -2.50. The molecule has 2 heteroatoms. The smallest absolute Gasteiger partial charge is 0.115 e. The van der Waals surface area contributed by atoms with Crippen molar-refractivity contribution in [2.45, 2.75) is 57.5 Å². The Bertz CT molecular complexity index is 538. The fourth-order valence-corrected chi connectivity index (χ4v) is 5.57. The highest BCUT2D eigenvalue weighted by atomic mass is 16.3. The SMILES string of the molecule is C[C@@]12CCCC1C1C[C@@H](O)c3cc(O)ccc3C1CC2. The van der Waals surface area contributed by atoms with Crippen molar-refractivity contribution in [2.75, 3.05) is 0 Å². The van der Waals surface area contributed by atoms with E-state index in [0.29, 0.717) is 17.3 Å². The fourth-order valence-electron chi connectivity index (χ4n) is 5.57. The van der Waals surface area contributed by atoms with Crippen molar-refractivity contribution in [3.8, 4) is 5.75 Å². The van der Waals surface area contributed by atoms with E-state index in [2.05, 4.69) is 13.0 Å². The van der Waals surface area contributed by atoms with Crippen LogP contribution in [0.3, 0.4) is 0 Å². The highest BCUT2D eigenvalue weighted by Gasteiger charge is 2.51. The minimum absolute atomic E-state index is 0.280. The first-order valence-electron chi connectivity index (χ1n) is 8.09. The highest BCUT2D eigenvalue weighted by Crippen LogP contribution is 2.62. The maximum Gasteiger partial charge on any atom is 0.115 e. The van der Waals surface area contributed by atoms with E-state index in [9.17, 15) is 10.2 Å². The molecule has 0 spiro atoms. The Morgan fingerprint density at radius 3 is 2.85 bits per heavy atom. The van der Waals surface area contributed by atoms with Crippen LogP contribution in [0.15, 0.2) is 18.2 Å². The van der Waals surface area contributed by atoms with Gasteiger partial charge in [0.2, 0.25) is 0 Å². The molecule has 3 aliphatic rings. The average molecular weight is 272 g/mol. The van der Waals surface area contributed by atoms with Crippen LogP contribution in [0.5, 0.6) is 5.75 Å². The topological polar surface area (TPSA) is 40.5 Å². The number of phenolic OH excluding ortho intramolecular Hbond substituents is 1.